The second-order valence-electron chi connectivity index (χ2n) is 4.65. The fourth-order valence-corrected chi connectivity index (χ4v) is 2.86. The molecule has 0 spiro atoms. The Hall–Kier alpha value is -2.87. The quantitative estimate of drug-likeness (QED) is 0.508. The van der Waals surface area contributed by atoms with Gasteiger partial charge in [-0.25, -0.2) is 0 Å². The number of thiophene rings is 1. The highest BCUT2D eigenvalue weighted by molar-refractivity contribution is 7.16. The largest absolute Gasteiger partial charge is 0.502 e. The molecule has 3 N–H and O–H groups in total. The SMILES string of the molecule is O=C(NCc1ccc(O)c([N+](=O)[O-])c1)c1cc2ccsc2[nH]1. The zero-order chi connectivity index (χ0) is 15.7. The van der Waals surface area contributed by atoms with Crippen molar-refractivity contribution in [2.45, 2.75) is 6.54 Å². The molecule has 3 aromatic rings. The van der Waals surface area contributed by atoms with Gasteiger partial charge < -0.3 is 15.4 Å². The van der Waals surface area contributed by atoms with Gasteiger partial charge in [0.05, 0.1) is 4.92 Å². The molecular weight excluding hydrogens is 306 g/mol. The van der Waals surface area contributed by atoms with Gasteiger partial charge in [0.25, 0.3) is 5.91 Å². The van der Waals surface area contributed by atoms with E-state index < -0.39 is 10.7 Å². The molecule has 1 amide bonds. The first-order valence-electron chi connectivity index (χ1n) is 6.35. The van der Waals surface area contributed by atoms with Crippen LogP contribution in [0.15, 0.2) is 35.7 Å². The van der Waals surface area contributed by atoms with Crippen LogP contribution in [0.3, 0.4) is 0 Å². The van der Waals surface area contributed by atoms with Crippen LogP contribution in [-0.4, -0.2) is 20.9 Å². The van der Waals surface area contributed by atoms with Crippen molar-refractivity contribution in [2.24, 2.45) is 0 Å². The molecule has 2 heterocycles. The van der Waals surface area contributed by atoms with E-state index in [0.29, 0.717) is 11.3 Å². The molecule has 112 valence electrons. The number of nitrogens with one attached hydrogen (secondary N) is 2. The minimum Gasteiger partial charge on any atom is -0.502 e. The number of phenolic OH excluding ortho intramolecular Hbond substituents is 1. The molecule has 7 nitrogen and oxygen atoms in total. The van der Waals surface area contributed by atoms with Crippen LogP contribution in [0.1, 0.15) is 16.1 Å². The number of benzene rings is 1. The minimum absolute atomic E-state index is 0.132. The molecule has 0 bridgehead atoms. The molecule has 1 aromatic carbocycles. The lowest BCUT2D eigenvalue weighted by atomic mass is 10.2. The molecule has 0 aliphatic carbocycles. The number of phenols is 1. The highest BCUT2D eigenvalue weighted by Gasteiger charge is 2.14. The lowest BCUT2D eigenvalue weighted by Crippen LogP contribution is -2.23. The second kappa shape index (κ2) is 5.49. The van der Waals surface area contributed by atoms with Crippen molar-refractivity contribution in [2.75, 3.05) is 0 Å². The summed E-state index contributed by atoms with van der Waals surface area (Å²) in [4.78, 5) is 26.1. The first kappa shape index (κ1) is 14.1. The maximum absolute atomic E-state index is 12.1. The van der Waals surface area contributed by atoms with E-state index in [1.54, 1.807) is 6.07 Å². The zero-order valence-electron chi connectivity index (χ0n) is 11.2. The molecule has 8 heteroatoms. The molecule has 0 saturated heterocycles. The number of carbonyl (C=O) groups is 1. The lowest BCUT2D eigenvalue weighted by Gasteiger charge is -2.04. The van der Waals surface area contributed by atoms with E-state index >= 15 is 0 Å². The summed E-state index contributed by atoms with van der Waals surface area (Å²) in [5, 5.41) is 25.7. The number of fused-ring (bicyclic) bond motifs is 1. The standard InChI is InChI=1S/C14H11N3O4S/c18-12-2-1-8(5-11(12)17(20)21)7-15-13(19)10-6-9-3-4-22-14(9)16-10/h1-6,16,18H,7H2,(H,15,19). The number of rotatable bonds is 4. The van der Waals surface area contributed by atoms with Crippen molar-refractivity contribution >= 4 is 33.1 Å². The maximum Gasteiger partial charge on any atom is 0.311 e. The van der Waals surface area contributed by atoms with Gasteiger partial charge in [0, 0.05) is 18.0 Å². The fraction of sp³-hybridized carbons (Fsp3) is 0.0714. The predicted molar refractivity (Wildman–Crippen MR) is 82.1 cm³/mol. The Morgan fingerprint density at radius 1 is 1.36 bits per heavy atom. The number of nitro groups is 1. The lowest BCUT2D eigenvalue weighted by molar-refractivity contribution is -0.385. The summed E-state index contributed by atoms with van der Waals surface area (Å²) in [5.74, 6) is -0.691. The molecule has 0 atom stereocenters. The number of carbonyl (C=O) groups excluding carboxylic acids is 1. The number of aromatic amines is 1. The third-order valence-corrected chi connectivity index (χ3v) is 4.02. The van der Waals surface area contributed by atoms with Crippen LogP contribution in [0.2, 0.25) is 0 Å². The Morgan fingerprint density at radius 3 is 2.91 bits per heavy atom. The van der Waals surface area contributed by atoms with Gasteiger partial charge in [-0.15, -0.1) is 11.3 Å². The average Bonchev–Trinajstić information content (AvgIpc) is 3.07. The van der Waals surface area contributed by atoms with Gasteiger partial charge in [-0.1, -0.05) is 6.07 Å². The summed E-state index contributed by atoms with van der Waals surface area (Å²) in [6, 6.07) is 7.67. The normalized spacial score (nSPS) is 10.7. The van der Waals surface area contributed by atoms with E-state index in [1.165, 1.54) is 29.5 Å². The monoisotopic (exact) mass is 317 g/mol. The summed E-state index contributed by atoms with van der Waals surface area (Å²) in [5.41, 5.74) is 0.591. The number of hydrogen-bond acceptors (Lipinski definition) is 5. The third kappa shape index (κ3) is 2.63. The number of amides is 1. The maximum atomic E-state index is 12.1. The predicted octanol–water partition coefficient (Wildman–Crippen LogP) is 2.77. The Labute approximate surface area is 128 Å². The molecule has 3 rings (SSSR count). The summed E-state index contributed by atoms with van der Waals surface area (Å²) in [6.45, 7) is 0.132. The number of aromatic nitrogens is 1. The molecule has 0 aliphatic rings. The first-order valence-corrected chi connectivity index (χ1v) is 7.23. The van der Waals surface area contributed by atoms with Gasteiger partial charge >= 0.3 is 5.69 Å². The molecule has 0 aliphatic heterocycles. The van der Waals surface area contributed by atoms with E-state index in [0.717, 1.165) is 10.2 Å². The van der Waals surface area contributed by atoms with Crippen LogP contribution < -0.4 is 5.32 Å². The molecule has 0 unspecified atom stereocenters. The number of nitro benzene ring substituents is 1. The molecule has 0 fully saturated rings. The van der Waals surface area contributed by atoms with Crippen LogP contribution >= 0.6 is 11.3 Å². The van der Waals surface area contributed by atoms with Crippen molar-refractivity contribution in [3.05, 3.63) is 57.1 Å². The van der Waals surface area contributed by atoms with Crippen molar-refractivity contribution in [1.29, 1.82) is 0 Å². The van der Waals surface area contributed by atoms with E-state index in [9.17, 15) is 20.0 Å². The molecule has 2 aromatic heterocycles. The Balaban J connectivity index is 1.72. The van der Waals surface area contributed by atoms with E-state index in [1.807, 2.05) is 11.4 Å². The number of H-pyrrole nitrogens is 1. The third-order valence-electron chi connectivity index (χ3n) is 3.18. The highest BCUT2D eigenvalue weighted by Crippen LogP contribution is 2.26. The van der Waals surface area contributed by atoms with E-state index in [4.69, 9.17) is 0 Å². The van der Waals surface area contributed by atoms with Crippen LogP contribution in [0, 0.1) is 10.1 Å². The average molecular weight is 317 g/mol. The van der Waals surface area contributed by atoms with Gasteiger partial charge in [-0.3, -0.25) is 14.9 Å². The topological polar surface area (TPSA) is 108 Å². The molecule has 22 heavy (non-hydrogen) atoms. The second-order valence-corrected chi connectivity index (χ2v) is 5.57. The molecule has 0 radical (unpaired) electrons. The van der Waals surface area contributed by atoms with Crippen molar-refractivity contribution in [1.82, 2.24) is 10.3 Å². The fourth-order valence-electron chi connectivity index (χ4n) is 2.07. The Morgan fingerprint density at radius 2 is 2.18 bits per heavy atom. The first-order chi connectivity index (χ1) is 10.5. The number of aromatic hydroxyl groups is 1. The van der Waals surface area contributed by atoms with Crippen LogP contribution in [0.25, 0.3) is 10.2 Å². The Kier molecular flexibility index (Phi) is 3.51. The van der Waals surface area contributed by atoms with Crippen LogP contribution in [0.5, 0.6) is 5.75 Å². The zero-order valence-corrected chi connectivity index (χ0v) is 12.0. The smallest absolute Gasteiger partial charge is 0.311 e. The van der Waals surface area contributed by atoms with Crippen molar-refractivity contribution in [3.63, 3.8) is 0 Å². The van der Waals surface area contributed by atoms with Gasteiger partial charge in [0.1, 0.15) is 10.5 Å². The minimum atomic E-state index is -0.667. The number of hydrogen-bond donors (Lipinski definition) is 3. The molecule has 0 saturated carbocycles. The van der Waals surface area contributed by atoms with Gasteiger partial charge in [-0.2, -0.15) is 0 Å². The van der Waals surface area contributed by atoms with Crippen LogP contribution in [0.4, 0.5) is 5.69 Å². The van der Waals surface area contributed by atoms with E-state index in [2.05, 4.69) is 10.3 Å². The Bertz CT molecular complexity index is 839. The summed E-state index contributed by atoms with van der Waals surface area (Å²) in [7, 11) is 0. The van der Waals surface area contributed by atoms with Crippen molar-refractivity contribution in [3.8, 4) is 5.75 Å². The van der Waals surface area contributed by atoms with Gasteiger partial charge in [-0.05, 0) is 29.1 Å². The number of nitrogens with zero attached hydrogens (tertiary/aromatic N) is 1. The summed E-state index contributed by atoms with van der Waals surface area (Å²) < 4.78 is 0. The van der Waals surface area contributed by atoms with Crippen molar-refractivity contribution < 1.29 is 14.8 Å². The highest BCUT2D eigenvalue weighted by atomic mass is 32.1. The van der Waals surface area contributed by atoms with Gasteiger partial charge in [0.15, 0.2) is 5.75 Å². The van der Waals surface area contributed by atoms with E-state index in [-0.39, 0.29) is 18.1 Å². The summed E-state index contributed by atoms with van der Waals surface area (Å²) in [6.07, 6.45) is 0. The molecular formula is C14H11N3O4S. The van der Waals surface area contributed by atoms with Gasteiger partial charge in [0.2, 0.25) is 0 Å². The summed E-state index contributed by atoms with van der Waals surface area (Å²) >= 11 is 1.51. The van der Waals surface area contributed by atoms with Crippen LogP contribution in [-0.2, 0) is 6.54 Å².